The third kappa shape index (κ3) is 5.03. The normalized spacial score (nSPS) is 10.9. The lowest BCUT2D eigenvalue weighted by Gasteiger charge is -2.08. The van der Waals surface area contributed by atoms with Gasteiger partial charge in [-0.1, -0.05) is 69.5 Å². The molecule has 1 nitrogen and oxygen atoms in total. The van der Waals surface area contributed by atoms with Gasteiger partial charge in [0.2, 0.25) is 0 Å². The van der Waals surface area contributed by atoms with E-state index in [1.54, 1.807) is 6.07 Å². The quantitative estimate of drug-likeness (QED) is 0.385. The summed E-state index contributed by atoms with van der Waals surface area (Å²) in [6, 6.07) is 18.1. The van der Waals surface area contributed by atoms with Crippen molar-refractivity contribution in [2.75, 3.05) is 0 Å². The summed E-state index contributed by atoms with van der Waals surface area (Å²) in [6.45, 7) is 4.37. The number of nitrogens with zero attached hydrogens (tertiary/aromatic N) is 1. The SMILES string of the molecule is CCCCCc1ccc(-c2ccc(-c3ccc(CCC)cc3)cn2)c(F)c1. The van der Waals surface area contributed by atoms with E-state index in [9.17, 15) is 4.39 Å². The molecule has 1 aromatic heterocycles. The highest BCUT2D eigenvalue weighted by molar-refractivity contribution is 5.67. The Labute approximate surface area is 162 Å². The maximum absolute atomic E-state index is 14.5. The molecule has 2 heteroatoms. The first-order chi connectivity index (χ1) is 13.2. The van der Waals surface area contributed by atoms with Gasteiger partial charge < -0.3 is 0 Å². The summed E-state index contributed by atoms with van der Waals surface area (Å²) < 4.78 is 14.5. The van der Waals surface area contributed by atoms with Crippen molar-refractivity contribution in [2.24, 2.45) is 0 Å². The number of unbranched alkanes of at least 4 members (excludes halogenated alkanes) is 2. The molecule has 0 radical (unpaired) electrons. The molecule has 27 heavy (non-hydrogen) atoms. The average Bonchev–Trinajstić information content (AvgIpc) is 2.69. The lowest BCUT2D eigenvalue weighted by atomic mass is 10.0. The van der Waals surface area contributed by atoms with E-state index in [1.165, 1.54) is 18.4 Å². The number of aryl methyl sites for hydroxylation is 2. The standard InChI is InChI=1S/C25H28FN/c1-3-5-6-8-20-11-15-23(24(26)17-20)25-16-14-22(18-27-25)21-12-9-19(7-4-2)10-13-21/h9-18H,3-8H2,1-2H3. The van der Waals surface area contributed by atoms with E-state index in [4.69, 9.17) is 0 Å². The molecular weight excluding hydrogens is 333 g/mol. The Morgan fingerprint density at radius 2 is 1.48 bits per heavy atom. The van der Waals surface area contributed by atoms with Gasteiger partial charge in [-0.15, -0.1) is 0 Å². The number of benzene rings is 2. The Balaban J connectivity index is 1.74. The third-order valence-electron chi connectivity index (χ3n) is 4.97. The van der Waals surface area contributed by atoms with Gasteiger partial charge in [-0.3, -0.25) is 4.98 Å². The molecule has 0 spiro atoms. The van der Waals surface area contributed by atoms with Crippen LogP contribution in [0.5, 0.6) is 0 Å². The van der Waals surface area contributed by atoms with Crippen LogP contribution in [0.25, 0.3) is 22.4 Å². The van der Waals surface area contributed by atoms with Gasteiger partial charge >= 0.3 is 0 Å². The number of halogens is 1. The van der Waals surface area contributed by atoms with Crippen LogP contribution in [-0.4, -0.2) is 4.98 Å². The minimum absolute atomic E-state index is 0.187. The van der Waals surface area contributed by atoms with Crippen LogP contribution in [0.1, 0.15) is 50.7 Å². The summed E-state index contributed by atoms with van der Waals surface area (Å²) in [5.74, 6) is -0.187. The Hall–Kier alpha value is -2.48. The van der Waals surface area contributed by atoms with Crippen LogP contribution in [0, 0.1) is 5.82 Å². The van der Waals surface area contributed by atoms with Crippen LogP contribution in [0.15, 0.2) is 60.8 Å². The van der Waals surface area contributed by atoms with Crippen molar-refractivity contribution in [3.8, 4) is 22.4 Å². The molecule has 0 amide bonds. The second-order valence-electron chi connectivity index (χ2n) is 7.15. The molecule has 0 aliphatic carbocycles. The molecule has 0 saturated carbocycles. The van der Waals surface area contributed by atoms with E-state index in [1.807, 2.05) is 30.5 Å². The second-order valence-corrected chi connectivity index (χ2v) is 7.15. The molecule has 2 aromatic carbocycles. The average molecular weight is 362 g/mol. The van der Waals surface area contributed by atoms with Crippen molar-refractivity contribution in [3.63, 3.8) is 0 Å². The Morgan fingerprint density at radius 3 is 2.11 bits per heavy atom. The van der Waals surface area contributed by atoms with Crippen LogP contribution in [-0.2, 0) is 12.8 Å². The smallest absolute Gasteiger partial charge is 0.132 e. The first-order valence-electron chi connectivity index (χ1n) is 10.1. The lowest BCUT2D eigenvalue weighted by Crippen LogP contribution is -1.92. The van der Waals surface area contributed by atoms with E-state index >= 15 is 0 Å². The molecule has 0 atom stereocenters. The molecule has 0 bridgehead atoms. The van der Waals surface area contributed by atoms with Crippen molar-refractivity contribution in [1.29, 1.82) is 0 Å². The molecule has 0 fully saturated rings. The highest BCUT2D eigenvalue weighted by Crippen LogP contribution is 2.26. The van der Waals surface area contributed by atoms with Crippen LogP contribution in [0.4, 0.5) is 4.39 Å². The summed E-state index contributed by atoms with van der Waals surface area (Å²) in [6.07, 6.45) is 8.50. The van der Waals surface area contributed by atoms with E-state index in [0.29, 0.717) is 11.3 Å². The molecule has 140 valence electrons. The zero-order chi connectivity index (χ0) is 19.1. The van der Waals surface area contributed by atoms with Gasteiger partial charge in [-0.2, -0.15) is 0 Å². The van der Waals surface area contributed by atoms with E-state index in [2.05, 4.69) is 43.1 Å². The van der Waals surface area contributed by atoms with Crippen molar-refractivity contribution in [1.82, 2.24) is 4.98 Å². The Morgan fingerprint density at radius 1 is 0.741 bits per heavy atom. The summed E-state index contributed by atoms with van der Waals surface area (Å²) in [7, 11) is 0. The molecule has 3 aromatic rings. The summed E-state index contributed by atoms with van der Waals surface area (Å²) in [5, 5.41) is 0. The van der Waals surface area contributed by atoms with Gasteiger partial charge in [0.15, 0.2) is 0 Å². The zero-order valence-corrected chi connectivity index (χ0v) is 16.3. The van der Waals surface area contributed by atoms with Gasteiger partial charge in [-0.05, 0) is 54.2 Å². The van der Waals surface area contributed by atoms with Crippen molar-refractivity contribution in [2.45, 2.75) is 52.4 Å². The van der Waals surface area contributed by atoms with Crippen molar-refractivity contribution < 1.29 is 4.39 Å². The summed E-state index contributed by atoms with van der Waals surface area (Å²) >= 11 is 0. The lowest BCUT2D eigenvalue weighted by molar-refractivity contribution is 0.626. The third-order valence-corrected chi connectivity index (χ3v) is 4.97. The maximum atomic E-state index is 14.5. The monoisotopic (exact) mass is 361 g/mol. The first kappa shape index (κ1) is 19.3. The van der Waals surface area contributed by atoms with Gasteiger partial charge in [0.05, 0.1) is 5.69 Å². The summed E-state index contributed by atoms with van der Waals surface area (Å²) in [5.41, 5.74) is 5.86. The number of rotatable bonds is 8. The predicted molar refractivity (Wildman–Crippen MR) is 112 cm³/mol. The molecule has 0 saturated heterocycles. The van der Waals surface area contributed by atoms with E-state index in [-0.39, 0.29) is 5.82 Å². The highest BCUT2D eigenvalue weighted by atomic mass is 19.1. The number of pyridine rings is 1. The fourth-order valence-corrected chi connectivity index (χ4v) is 3.38. The largest absolute Gasteiger partial charge is 0.256 e. The van der Waals surface area contributed by atoms with Gasteiger partial charge in [0, 0.05) is 17.3 Å². The fourth-order valence-electron chi connectivity index (χ4n) is 3.38. The molecule has 0 aliphatic heterocycles. The molecule has 3 rings (SSSR count). The highest BCUT2D eigenvalue weighted by Gasteiger charge is 2.08. The molecule has 0 aliphatic rings. The summed E-state index contributed by atoms with van der Waals surface area (Å²) in [4.78, 5) is 4.51. The Bertz CT molecular complexity index is 850. The number of hydrogen-bond acceptors (Lipinski definition) is 1. The van der Waals surface area contributed by atoms with Crippen LogP contribution < -0.4 is 0 Å². The maximum Gasteiger partial charge on any atom is 0.132 e. The fraction of sp³-hybridized carbons (Fsp3) is 0.320. The molecule has 0 unspecified atom stereocenters. The van der Waals surface area contributed by atoms with Crippen molar-refractivity contribution >= 4 is 0 Å². The topological polar surface area (TPSA) is 12.9 Å². The van der Waals surface area contributed by atoms with E-state index < -0.39 is 0 Å². The number of hydrogen-bond donors (Lipinski definition) is 0. The van der Waals surface area contributed by atoms with Crippen LogP contribution in [0.2, 0.25) is 0 Å². The van der Waals surface area contributed by atoms with Crippen LogP contribution in [0.3, 0.4) is 0 Å². The van der Waals surface area contributed by atoms with Gasteiger partial charge in [0.1, 0.15) is 5.82 Å². The Kier molecular flexibility index (Phi) is 6.75. The first-order valence-corrected chi connectivity index (χ1v) is 10.1. The molecule has 0 N–H and O–H groups in total. The number of aromatic nitrogens is 1. The van der Waals surface area contributed by atoms with Crippen LogP contribution >= 0.6 is 0 Å². The zero-order valence-electron chi connectivity index (χ0n) is 16.3. The van der Waals surface area contributed by atoms with E-state index in [0.717, 1.165) is 42.4 Å². The minimum atomic E-state index is -0.187. The van der Waals surface area contributed by atoms with Gasteiger partial charge in [0.25, 0.3) is 0 Å². The van der Waals surface area contributed by atoms with Gasteiger partial charge in [-0.25, -0.2) is 4.39 Å². The molecular formula is C25H28FN. The predicted octanol–water partition coefficient (Wildman–Crippen LogP) is 7.24. The van der Waals surface area contributed by atoms with Crippen molar-refractivity contribution in [3.05, 3.63) is 77.7 Å². The second kappa shape index (κ2) is 9.45. The molecule has 1 heterocycles. The minimum Gasteiger partial charge on any atom is -0.256 e.